The molecule has 2 aromatic carbocycles. The Morgan fingerprint density at radius 3 is 1.27 bits per heavy atom. The van der Waals surface area contributed by atoms with E-state index in [0.29, 0.717) is 22.5 Å². The molecule has 4 atom stereocenters. The lowest BCUT2D eigenvalue weighted by molar-refractivity contribution is -0.535. The standard InChI is InChI=1S/C48H74N4O4/c1-15-19-21-31(17-3)45(55)49-37-25-39-35(47(11,12)29(9)51(39)27(5)6)23-33(37)41-43(53)42(44(41)54)34-24-36-40(52(28(7)8)30(10)48(36,13)14)26-38(34)50-46(56)32(18-4)22-20-16-2/h23-32,41-44H,15-22H2,1-14H3,(H,49,55)(H,50,56)/q-2. The van der Waals surface area contributed by atoms with Crippen LogP contribution in [-0.4, -0.2) is 48.2 Å². The third-order valence-corrected chi connectivity index (χ3v) is 14.5. The Kier molecular flexibility index (Phi) is 13.4. The number of anilines is 4. The van der Waals surface area contributed by atoms with Crippen LogP contribution in [0.25, 0.3) is 0 Å². The van der Waals surface area contributed by atoms with E-state index in [2.05, 4.69) is 128 Å². The van der Waals surface area contributed by atoms with Gasteiger partial charge in [-0.2, -0.15) is 0 Å². The number of carbonyl (C=O) groups is 2. The van der Waals surface area contributed by atoms with E-state index in [0.717, 1.165) is 73.9 Å². The predicted octanol–water partition coefficient (Wildman–Crippen LogP) is 9.12. The van der Waals surface area contributed by atoms with E-state index in [1.165, 1.54) is 0 Å². The Bertz CT molecular complexity index is 1600. The first kappa shape index (κ1) is 44.0. The number of fused-ring (bicyclic) bond motifs is 2. The predicted molar refractivity (Wildman–Crippen MR) is 230 cm³/mol. The van der Waals surface area contributed by atoms with Crippen molar-refractivity contribution in [1.82, 2.24) is 0 Å². The van der Waals surface area contributed by atoms with Crippen molar-refractivity contribution in [2.24, 2.45) is 11.8 Å². The summed E-state index contributed by atoms with van der Waals surface area (Å²) < 4.78 is 0. The number of nitrogens with one attached hydrogen (secondary N) is 2. The van der Waals surface area contributed by atoms with Crippen LogP contribution in [0, 0.1) is 11.8 Å². The Hall–Kier alpha value is -3.10. The first-order valence-electron chi connectivity index (χ1n) is 22.2. The minimum Gasteiger partial charge on any atom is -0.851 e. The van der Waals surface area contributed by atoms with Gasteiger partial charge in [-0.05, 0) is 113 Å². The van der Waals surface area contributed by atoms with Gasteiger partial charge in [0.1, 0.15) is 0 Å². The molecule has 0 spiro atoms. The molecule has 3 aliphatic rings. The highest BCUT2D eigenvalue weighted by molar-refractivity contribution is 5.96. The molecule has 2 aromatic rings. The lowest BCUT2D eigenvalue weighted by atomic mass is 9.61. The van der Waals surface area contributed by atoms with Crippen LogP contribution in [0.2, 0.25) is 0 Å². The van der Waals surface area contributed by atoms with Gasteiger partial charge in [0.05, 0.1) is 0 Å². The zero-order valence-electron chi connectivity index (χ0n) is 37.3. The number of carbonyl (C=O) groups excluding carboxylic acids is 2. The highest BCUT2D eigenvalue weighted by Gasteiger charge is 2.48. The van der Waals surface area contributed by atoms with Crippen molar-refractivity contribution in [3.8, 4) is 0 Å². The van der Waals surface area contributed by atoms with Crippen LogP contribution < -0.4 is 30.6 Å². The van der Waals surface area contributed by atoms with Crippen LogP contribution in [0.4, 0.5) is 22.7 Å². The fourth-order valence-electron chi connectivity index (χ4n) is 10.2. The number of unbranched alkanes of at least 4 members (excludes halogenated alkanes) is 2. The van der Waals surface area contributed by atoms with Crippen molar-refractivity contribution in [2.75, 3.05) is 20.4 Å². The van der Waals surface area contributed by atoms with Gasteiger partial charge < -0.3 is 30.6 Å². The second-order valence-corrected chi connectivity index (χ2v) is 19.2. The summed E-state index contributed by atoms with van der Waals surface area (Å²) in [5, 5.41) is 36.4. The molecule has 2 aliphatic heterocycles. The van der Waals surface area contributed by atoms with Crippen molar-refractivity contribution in [2.45, 2.75) is 207 Å². The van der Waals surface area contributed by atoms with Crippen LogP contribution in [0.1, 0.15) is 182 Å². The molecule has 1 saturated carbocycles. The molecular formula is C48H74N4O4-2. The molecule has 0 radical (unpaired) electrons. The molecule has 312 valence electrons. The first-order valence-corrected chi connectivity index (χ1v) is 22.2. The average molecular weight is 771 g/mol. The highest BCUT2D eigenvalue weighted by atomic mass is 16.3. The zero-order chi connectivity index (χ0) is 41.6. The van der Waals surface area contributed by atoms with Gasteiger partial charge in [0.2, 0.25) is 11.8 Å². The van der Waals surface area contributed by atoms with Gasteiger partial charge in [-0.3, -0.25) is 9.59 Å². The van der Waals surface area contributed by atoms with Gasteiger partial charge in [0.25, 0.3) is 0 Å². The van der Waals surface area contributed by atoms with Crippen molar-refractivity contribution >= 4 is 34.6 Å². The van der Waals surface area contributed by atoms with Crippen LogP contribution in [0.3, 0.4) is 0 Å². The summed E-state index contributed by atoms with van der Waals surface area (Å²) in [6, 6.07) is 9.10. The molecule has 0 aromatic heterocycles. The summed E-state index contributed by atoms with van der Waals surface area (Å²) >= 11 is 0. The summed E-state index contributed by atoms with van der Waals surface area (Å²) in [4.78, 5) is 32.7. The average Bonchev–Trinajstić information content (AvgIpc) is 3.45. The molecule has 2 heterocycles. The molecule has 1 aliphatic carbocycles. The molecule has 0 saturated heterocycles. The van der Waals surface area contributed by atoms with E-state index in [1.807, 2.05) is 13.8 Å². The Morgan fingerprint density at radius 2 is 0.982 bits per heavy atom. The van der Waals surface area contributed by atoms with E-state index in [1.54, 1.807) is 0 Å². The number of hydrogen-bond donors (Lipinski definition) is 2. The van der Waals surface area contributed by atoms with Gasteiger partial charge in [-0.15, -0.1) is 12.2 Å². The minimum atomic E-state index is -1.25. The molecule has 8 nitrogen and oxygen atoms in total. The maximum absolute atomic E-state index is 14.9. The Labute approximate surface area is 339 Å². The normalized spacial score (nSPS) is 25.9. The smallest absolute Gasteiger partial charge is 0.227 e. The summed E-state index contributed by atoms with van der Waals surface area (Å²) in [5.41, 5.74) is 6.36. The molecule has 4 unspecified atom stereocenters. The highest BCUT2D eigenvalue weighted by Crippen LogP contribution is 2.56. The van der Waals surface area contributed by atoms with Gasteiger partial charge in [-0.1, -0.05) is 93.2 Å². The van der Waals surface area contributed by atoms with E-state index >= 15 is 0 Å². The molecule has 5 rings (SSSR count). The molecule has 2 amide bonds. The lowest BCUT2D eigenvalue weighted by Crippen LogP contribution is -2.64. The maximum atomic E-state index is 14.9. The topological polar surface area (TPSA) is 111 Å². The number of hydrogen-bond acceptors (Lipinski definition) is 6. The number of benzene rings is 2. The van der Waals surface area contributed by atoms with Gasteiger partial charge in [-0.25, -0.2) is 0 Å². The van der Waals surface area contributed by atoms with Gasteiger partial charge >= 0.3 is 0 Å². The minimum absolute atomic E-state index is 0.0486. The van der Waals surface area contributed by atoms with Crippen molar-refractivity contribution in [3.05, 3.63) is 46.5 Å². The van der Waals surface area contributed by atoms with E-state index < -0.39 is 24.0 Å². The first-order chi connectivity index (χ1) is 26.3. The largest absolute Gasteiger partial charge is 0.851 e. The van der Waals surface area contributed by atoms with Crippen molar-refractivity contribution in [1.29, 1.82) is 0 Å². The lowest BCUT2D eigenvalue weighted by Gasteiger charge is -2.62. The SMILES string of the molecule is CCCCC(CC)C(=O)Nc1cc2c(cc1C1C([O-])C(c3cc4c(cc3NC(=O)C(CC)CCCC)N(C(C)C)C(C)C4(C)C)C1[O-])C(C)(C)C(C)N2C(C)C. The molecule has 2 N–H and O–H groups in total. The fraction of sp³-hybridized carbons (Fsp3) is 0.708. The van der Waals surface area contributed by atoms with Gasteiger partial charge in [0, 0.05) is 69.6 Å². The number of amides is 2. The summed E-state index contributed by atoms with van der Waals surface area (Å²) in [6.07, 6.45) is 4.49. The zero-order valence-corrected chi connectivity index (χ0v) is 37.3. The summed E-state index contributed by atoms with van der Waals surface area (Å²) in [7, 11) is 0. The molecular weight excluding hydrogens is 697 g/mol. The summed E-state index contributed by atoms with van der Waals surface area (Å²) in [5.74, 6) is -2.09. The third kappa shape index (κ3) is 7.63. The van der Waals surface area contributed by atoms with E-state index in [9.17, 15) is 19.8 Å². The molecule has 56 heavy (non-hydrogen) atoms. The second kappa shape index (κ2) is 17.0. The van der Waals surface area contributed by atoms with Crippen LogP contribution in [0.5, 0.6) is 0 Å². The van der Waals surface area contributed by atoms with Crippen LogP contribution >= 0.6 is 0 Å². The van der Waals surface area contributed by atoms with Crippen molar-refractivity contribution < 1.29 is 19.8 Å². The van der Waals surface area contributed by atoms with E-state index in [4.69, 9.17) is 0 Å². The Balaban J connectivity index is 1.63. The number of rotatable bonds is 16. The molecule has 1 fully saturated rings. The quantitative estimate of drug-likeness (QED) is 0.176. The molecule has 0 bridgehead atoms. The summed E-state index contributed by atoms with van der Waals surface area (Å²) in [6.45, 7) is 30.5. The third-order valence-electron chi connectivity index (χ3n) is 14.5. The van der Waals surface area contributed by atoms with Crippen LogP contribution in [-0.2, 0) is 20.4 Å². The van der Waals surface area contributed by atoms with Crippen LogP contribution in [0.15, 0.2) is 24.3 Å². The Morgan fingerprint density at radius 1 is 0.643 bits per heavy atom. The molecule has 8 heteroatoms. The maximum Gasteiger partial charge on any atom is 0.227 e. The second-order valence-electron chi connectivity index (χ2n) is 19.2. The number of nitrogens with zero attached hydrogens (tertiary/aromatic N) is 2. The van der Waals surface area contributed by atoms with Gasteiger partial charge in [0.15, 0.2) is 0 Å². The van der Waals surface area contributed by atoms with E-state index in [-0.39, 0.29) is 58.6 Å². The monoisotopic (exact) mass is 771 g/mol. The van der Waals surface area contributed by atoms with Crippen molar-refractivity contribution in [3.63, 3.8) is 0 Å². The fourth-order valence-corrected chi connectivity index (χ4v) is 10.2.